The maximum atomic E-state index is 11.5. The van der Waals surface area contributed by atoms with Gasteiger partial charge in [0, 0.05) is 11.8 Å². The van der Waals surface area contributed by atoms with Gasteiger partial charge in [-0.05, 0) is 25.1 Å². The van der Waals surface area contributed by atoms with Crippen molar-refractivity contribution in [3.63, 3.8) is 0 Å². The molecule has 0 bridgehead atoms. The molecule has 8 heteroatoms. The third-order valence-electron chi connectivity index (χ3n) is 2.09. The summed E-state index contributed by atoms with van der Waals surface area (Å²) in [5.41, 5.74) is 0.239. The molecule has 108 valence electrons. The number of allylic oxidation sites excluding steroid dienone is 1. The number of hydrogen-bond donors (Lipinski definition) is 2. The fourth-order valence-electron chi connectivity index (χ4n) is 1.27. The highest BCUT2D eigenvalue weighted by Gasteiger charge is 2.10. The zero-order valence-electron chi connectivity index (χ0n) is 10.7. The number of ether oxygens (including phenoxy) is 1. The standard InChI is InChI=1S/C12H14N2O5S/c1-2-4-12(16)19-8-11(15)14-9-5-3-6-10(7-9)20(13,17)18/h2-7H,8H2,1H3,(H,14,15)(H2,13,17,18)/b4-2+. The average molecular weight is 298 g/mol. The largest absolute Gasteiger partial charge is 0.452 e. The van der Waals surface area contributed by atoms with Crippen LogP contribution < -0.4 is 10.5 Å². The molecule has 1 aromatic rings. The molecular formula is C12H14N2O5S. The van der Waals surface area contributed by atoms with Crippen molar-refractivity contribution >= 4 is 27.6 Å². The lowest BCUT2D eigenvalue weighted by atomic mass is 10.3. The molecule has 3 N–H and O–H groups in total. The van der Waals surface area contributed by atoms with Gasteiger partial charge in [-0.15, -0.1) is 0 Å². The molecule has 0 saturated carbocycles. The van der Waals surface area contributed by atoms with Crippen LogP contribution in [0.15, 0.2) is 41.3 Å². The minimum atomic E-state index is -3.84. The summed E-state index contributed by atoms with van der Waals surface area (Å²) in [6.45, 7) is 1.17. The van der Waals surface area contributed by atoms with Gasteiger partial charge < -0.3 is 10.1 Å². The minimum absolute atomic E-state index is 0.124. The van der Waals surface area contributed by atoms with Crippen molar-refractivity contribution < 1.29 is 22.7 Å². The molecule has 0 atom stereocenters. The second-order valence-electron chi connectivity index (χ2n) is 3.73. The Bertz CT molecular complexity index is 637. The SMILES string of the molecule is C/C=C/C(=O)OCC(=O)Nc1cccc(S(N)(=O)=O)c1. The number of nitrogens with two attached hydrogens (primary N) is 1. The summed E-state index contributed by atoms with van der Waals surface area (Å²) >= 11 is 0. The Hall–Kier alpha value is -2.19. The third kappa shape index (κ3) is 5.21. The second-order valence-corrected chi connectivity index (χ2v) is 5.29. The normalized spacial score (nSPS) is 11.3. The van der Waals surface area contributed by atoms with Gasteiger partial charge in [-0.25, -0.2) is 18.4 Å². The molecule has 7 nitrogen and oxygen atoms in total. The van der Waals surface area contributed by atoms with Crippen LogP contribution in [-0.2, 0) is 24.3 Å². The number of carbonyl (C=O) groups excluding carboxylic acids is 2. The van der Waals surface area contributed by atoms with Gasteiger partial charge in [-0.3, -0.25) is 4.79 Å². The van der Waals surface area contributed by atoms with Crippen LogP contribution in [0.5, 0.6) is 0 Å². The summed E-state index contributed by atoms with van der Waals surface area (Å²) in [6.07, 6.45) is 2.66. The summed E-state index contributed by atoms with van der Waals surface area (Å²) in [5, 5.41) is 7.36. The number of carbonyl (C=O) groups is 2. The van der Waals surface area contributed by atoms with E-state index < -0.39 is 28.5 Å². The van der Waals surface area contributed by atoms with Gasteiger partial charge in [0.25, 0.3) is 5.91 Å². The highest BCUT2D eigenvalue weighted by Crippen LogP contribution is 2.13. The minimum Gasteiger partial charge on any atom is -0.452 e. The number of rotatable bonds is 5. The number of hydrogen-bond acceptors (Lipinski definition) is 5. The Labute approximate surface area is 116 Å². The van der Waals surface area contributed by atoms with E-state index in [1.165, 1.54) is 36.4 Å². The first-order chi connectivity index (χ1) is 9.32. The van der Waals surface area contributed by atoms with Crippen LogP contribution in [0, 0.1) is 0 Å². The Morgan fingerprint density at radius 1 is 1.40 bits per heavy atom. The summed E-state index contributed by atoms with van der Waals surface area (Å²) < 4.78 is 26.9. The molecule has 0 aromatic heterocycles. The zero-order valence-corrected chi connectivity index (χ0v) is 11.5. The van der Waals surface area contributed by atoms with E-state index in [0.717, 1.165) is 0 Å². The number of esters is 1. The Morgan fingerprint density at radius 3 is 2.70 bits per heavy atom. The van der Waals surface area contributed by atoms with Gasteiger partial charge in [0.1, 0.15) is 0 Å². The van der Waals surface area contributed by atoms with Crippen molar-refractivity contribution in [2.75, 3.05) is 11.9 Å². The maximum absolute atomic E-state index is 11.5. The Balaban J connectivity index is 2.65. The highest BCUT2D eigenvalue weighted by atomic mass is 32.2. The van der Waals surface area contributed by atoms with E-state index in [-0.39, 0.29) is 10.6 Å². The predicted octanol–water partition coefficient (Wildman–Crippen LogP) is 0.392. The van der Waals surface area contributed by atoms with Gasteiger partial charge in [0.15, 0.2) is 6.61 Å². The van der Waals surface area contributed by atoms with Crippen LogP contribution in [0.1, 0.15) is 6.92 Å². The van der Waals surface area contributed by atoms with Gasteiger partial charge in [0.05, 0.1) is 4.90 Å². The summed E-state index contributed by atoms with van der Waals surface area (Å²) in [7, 11) is -3.84. The molecule has 0 unspecified atom stereocenters. The smallest absolute Gasteiger partial charge is 0.330 e. The molecule has 0 radical (unpaired) electrons. The first-order valence-electron chi connectivity index (χ1n) is 5.55. The van der Waals surface area contributed by atoms with Gasteiger partial charge in [-0.2, -0.15) is 0 Å². The number of anilines is 1. The van der Waals surface area contributed by atoms with Crippen molar-refractivity contribution in [2.45, 2.75) is 11.8 Å². The fourth-order valence-corrected chi connectivity index (χ4v) is 1.83. The van der Waals surface area contributed by atoms with E-state index in [4.69, 9.17) is 5.14 Å². The number of sulfonamides is 1. The Morgan fingerprint density at radius 2 is 2.10 bits per heavy atom. The average Bonchev–Trinajstić information content (AvgIpc) is 2.36. The highest BCUT2D eigenvalue weighted by molar-refractivity contribution is 7.89. The molecule has 0 heterocycles. The molecule has 0 aliphatic carbocycles. The second kappa shape index (κ2) is 6.83. The van der Waals surface area contributed by atoms with Gasteiger partial charge >= 0.3 is 5.97 Å². The van der Waals surface area contributed by atoms with Crippen LogP contribution in [0.25, 0.3) is 0 Å². The molecule has 1 rings (SSSR count). The zero-order chi connectivity index (χ0) is 15.2. The topological polar surface area (TPSA) is 116 Å². The number of benzene rings is 1. The van der Waals surface area contributed by atoms with E-state index in [1.54, 1.807) is 6.92 Å². The van der Waals surface area contributed by atoms with Crippen molar-refractivity contribution in [2.24, 2.45) is 5.14 Å². The molecule has 0 aliphatic rings. The lowest BCUT2D eigenvalue weighted by Crippen LogP contribution is -2.20. The maximum Gasteiger partial charge on any atom is 0.330 e. The summed E-state index contributed by atoms with van der Waals surface area (Å²) in [6, 6.07) is 5.43. The molecule has 0 saturated heterocycles. The number of nitrogens with one attached hydrogen (secondary N) is 1. The summed E-state index contributed by atoms with van der Waals surface area (Å²) in [4.78, 5) is 22.4. The van der Waals surface area contributed by atoms with Crippen LogP contribution in [-0.4, -0.2) is 26.9 Å². The molecule has 0 fully saturated rings. The number of primary sulfonamides is 1. The predicted molar refractivity (Wildman–Crippen MR) is 72.2 cm³/mol. The van der Waals surface area contributed by atoms with E-state index in [1.807, 2.05) is 0 Å². The molecule has 20 heavy (non-hydrogen) atoms. The van der Waals surface area contributed by atoms with Crippen LogP contribution in [0.4, 0.5) is 5.69 Å². The Kier molecular flexibility index (Phi) is 5.42. The molecule has 0 aliphatic heterocycles. The van der Waals surface area contributed by atoms with E-state index in [9.17, 15) is 18.0 Å². The van der Waals surface area contributed by atoms with Crippen molar-refractivity contribution in [1.82, 2.24) is 0 Å². The first-order valence-corrected chi connectivity index (χ1v) is 7.09. The van der Waals surface area contributed by atoms with E-state index in [0.29, 0.717) is 0 Å². The first kappa shape index (κ1) is 15.9. The van der Waals surface area contributed by atoms with Crippen LogP contribution >= 0.6 is 0 Å². The van der Waals surface area contributed by atoms with Crippen LogP contribution in [0.2, 0.25) is 0 Å². The lowest BCUT2D eigenvalue weighted by Gasteiger charge is -2.06. The summed E-state index contributed by atoms with van der Waals surface area (Å²) in [5.74, 6) is -1.23. The quantitative estimate of drug-likeness (QED) is 0.602. The molecule has 0 spiro atoms. The van der Waals surface area contributed by atoms with E-state index >= 15 is 0 Å². The van der Waals surface area contributed by atoms with Crippen LogP contribution in [0.3, 0.4) is 0 Å². The van der Waals surface area contributed by atoms with Crippen molar-refractivity contribution in [3.05, 3.63) is 36.4 Å². The lowest BCUT2D eigenvalue weighted by molar-refractivity contribution is -0.142. The molecule has 1 aromatic carbocycles. The molecular weight excluding hydrogens is 284 g/mol. The molecule has 1 amide bonds. The monoisotopic (exact) mass is 298 g/mol. The van der Waals surface area contributed by atoms with Crippen molar-refractivity contribution in [1.29, 1.82) is 0 Å². The van der Waals surface area contributed by atoms with Crippen molar-refractivity contribution in [3.8, 4) is 0 Å². The fraction of sp³-hybridized carbons (Fsp3) is 0.167. The van der Waals surface area contributed by atoms with E-state index in [2.05, 4.69) is 10.1 Å². The van der Waals surface area contributed by atoms with Gasteiger partial charge in [0.2, 0.25) is 10.0 Å². The number of amides is 1. The van der Waals surface area contributed by atoms with Gasteiger partial charge in [-0.1, -0.05) is 12.1 Å². The third-order valence-corrected chi connectivity index (χ3v) is 3.01.